The van der Waals surface area contributed by atoms with Gasteiger partial charge in [0.25, 0.3) is 0 Å². The summed E-state index contributed by atoms with van der Waals surface area (Å²) >= 11 is 0. The van der Waals surface area contributed by atoms with Crippen LogP contribution in [-0.4, -0.2) is 49.5 Å². The molecule has 1 unspecified atom stereocenters. The van der Waals surface area contributed by atoms with E-state index in [0.29, 0.717) is 13.2 Å². The fourth-order valence-electron chi connectivity index (χ4n) is 3.65. The summed E-state index contributed by atoms with van der Waals surface area (Å²) in [6.07, 6.45) is 2.48. The van der Waals surface area contributed by atoms with E-state index >= 15 is 0 Å². The Hall–Kier alpha value is -0.900. The zero-order chi connectivity index (χ0) is 14.1. The van der Waals surface area contributed by atoms with Crippen LogP contribution in [0.15, 0.2) is 30.3 Å². The first-order valence-corrected chi connectivity index (χ1v) is 7.62. The normalized spacial score (nSPS) is 29.9. The molecule has 2 aliphatic rings. The Bertz CT molecular complexity index is 438. The molecule has 2 heterocycles. The van der Waals surface area contributed by atoms with Gasteiger partial charge >= 0.3 is 0 Å². The van der Waals surface area contributed by atoms with Crippen LogP contribution in [0.4, 0.5) is 0 Å². The van der Waals surface area contributed by atoms with Gasteiger partial charge in [0.1, 0.15) is 0 Å². The second-order valence-corrected chi connectivity index (χ2v) is 6.89. The van der Waals surface area contributed by atoms with E-state index in [1.807, 2.05) is 0 Å². The fraction of sp³-hybridized carbons (Fsp3) is 0.647. The number of hydrogen-bond acceptors (Lipinski definition) is 3. The van der Waals surface area contributed by atoms with Gasteiger partial charge in [0, 0.05) is 18.5 Å². The highest BCUT2D eigenvalue weighted by atomic mass is 16.5. The minimum Gasteiger partial charge on any atom is -0.396 e. The number of aliphatic hydroxyl groups excluding tert-OH is 1. The van der Waals surface area contributed by atoms with Crippen molar-refractivity contribution in [3.63, 3.8) is 0 Å². The lowest BCUT2D eigenvalue weighted by Gasteiger charge is -2.47. The molecule has 20 heavy (non-hydrogen) atoms. The lowest BCUT2D eigenvalue weighted by molar-refractivity contribution is -0.151. The number of aliphatic hydroxyl groups is 1. The average Bonchev–Trinajstić information content (AvgIpc) is 2.44. The third-order valence-corrected chi connectivity index (χ3v) is 4.96. The molecule has 0 aliphatic carbocycles. The SMILES string of the molecule is CC1(c2ccccc2)CCCN(CC2(CO)COC2)C1. The summed E-state index contributed by atoms with van der Waals surface area (Å²) in [5.41, 5.74) is 1.67. The monoisotopic (exact) mass is 275 g/mol. The number of likely N-dealkylation sites (tertiary alicyclic amines) is 1. The van der Waals surface area contributed by atoms with Gasteiger partial charge < -0.3 is 14.7 Å². The maximum Gasteiger partial charge on any atom is 0.0579 e. The summed E-state index contributed by atoms with van der Waals surface area (Å²) in [5.74, 6) is 0. The summed E-state index contributed by atoms with van der Waals surface area (Å²) in [7, 11) is 0. The molecule has 0 aromatic heterocycles. The fourth-order valence-corrected chi connectivity index (χ4v) is 3.65. The quantitative estimate of drug-likeness (QED) is 0.913. The van der Waals surface area contributed by atoms with E-state index in [4.69, 9.17) is 4.74 Å². The van der Waals surface area contributed by atoms with Crippen LogP contribution in [-0.2, 0) is 10.2 Å². The van der Waals surface area contributed by atoms with E-state index in [9.17, 15) is 5.11 Å². The number of nitrogens with zero attached hydrogens (tertiary/aromatic N) is 1. The van der Waals surface area contributed by atoms with Crippen LogP contribution in [0.3, 0.4) is 0 Å². The van der Waals surface area contributed by atoms with Crippen LogP contribution in [0.2, 0.25) is 0 Å². The predicted octanol–water partition coefficient (Wildman–Crippen LogP) is 2.05. The second-order valence-electron chi connectivity index (χ2n) is 6.89. The zero-order valence-electron chi connectivity index (χ0n) is 12.3. The maximum atomic E-state index is 9.61. The van der Waals surface area contributed by atoms with Gasteiger partial charge in [-0.05, 0) is 24.9 Å². The second kappa shape index (κ2) is 5.47. The number of rotatable bonds is 4. The molecular formula is C17H25NO2. The number of benzene rings is 1. The van der Waals surface area contributed by atoms with Crippen LogP contribution in [0.25, 0.3) is 0 Å². The third kappa shape index (κ3) is 2.62. The zero-order valence-corrected chi connectivity index (χ0v) is 12.3. The van der Waals surface area contributed by atoms with Gasteiger partial charge in [-0.1, -0.05) is 37.3 Å². The molecule has 110 valence electrons. The molecule has 0 bridgehead atoms. The van der Waals surface area contributed by atoms with E-state index in [1.165, 1.54) is 18.4 Å². The van der Waals surface area contributed by atoms with Crippen molar-refractivity contribution >= 4 is 0 Å². The smallest absolute Gasteiger partial charge is 0.0579 e. The van der Waals surface area contributed by atoms with Gasteiger partial charge in [-0.25, -0.2) is 0 Å². The molecule has 1 aromatic rings. The lowest BCUT2D eigenvalue weighted by atomic mass is 9.75. The summed E-state index contributed by atoms with van der Waals surface area (Å²) < 4.78 is 5.32. The third-order valence-electron chi connectivity index (χ3n) is 4.96. The van der Waals surface area contributed by atoms with Crippen molar-refractivity contribution in [3.05, 3.63) is 35.9 Å². The summed E-state index contributed by atoms with van der Waals surface area (Å²) in [6.45, 7) is 7.22. The van der Waals surface area contributed by atoms with Gasteiger partial charge in [0.15, 0.2) is 0 Å². The largest absolute Gasteiger partial charge is 0.396 e. The van der Waals surface area contributed by atoms with Gasteiger partial charge in [0.2, 0.25) is 0 Å². The molecule has 0 amide bonds. The molecule has 1 atom stereocenters. The molecule has 2 aliphatic heterocycles. The van der Waals surface area contributed by atoms with E-state index in [0.717, 1.165) is 19.6 Å². The highest BCUT2D eigenvalue weighted by Gasteiger charge is 2.42. The highest BCUT2D eigenvalue weighted by molar-refractivity contribution is 5.25. The molecule has 1 aromatic carbocycles. The van der Waals surface area contributed by atoms with E-state index < -0.39 is 0 Å². The molecule has 0 radical (unpaired) electrons. The van der Waals surface area contributed by atoms with Gasteiger partial charge in [-0.15, -0.1) is 0 Å². The molecule has 2 fully saturated rings. The Balaban J connectivity index is 1.70. The Morgan fingerprint density at radius 1 is 1.25 bits per heavy atom. The minimum atomic E-state index is -0.00502. The standard InChI is InChI=1S/C17H25NO2/c1-16(15-6-3-2-4-7-15)8-5-9-18(10-16)11-17(12-19)13-20-14-17/h2-4,6-7,19H,5,8-14H2,1H3. The molecule has 3 heteroatoms. The lowest BCUT2D eigenvalue weighted by Crippen LogP contribution is -2.56. The van der Waals surface area contributed by atoms with Crippen molar-refractivity contribution in [2.75, 3.05) is 39.5 Å². The Morgan fingerprint density at radius 2 is 2.00 bits per heavy atom. The van der Waals surface area contributed by atoms with Crippen LogP contribution < -0.4 is 0 Å². The first-order valence-electron chi connectivity index (χ1n) is 7.62. The van der Waals surface area contributed by atoms with Crippen molar-refractivity contribution in [2.24, 2.45) is 5.41 Å². The minimum absolute atomic E-state index is 0.00502. The van der Waals surface area contributed by atoms with Crippen LogP contribution >= 0.6 is 0 Å². The molecule has 1 N–H and O–H groups in total. The van der Waals surface area contributed by atoms with E-state index in [1.54, 1.807) is 0 Å². The van der Waals surface area contributed by atoms with E-state index in [2.05, 4.69) is 42.2 Å². The van der Waals surface area contributed by atoms with E-state index in [-0.39, 0.29) is 17.4 Å². The highest BCUT2D eigenvalue weighted by Crippen LogP contribution is 2.36. The Morgan fingerprint density at radius 3 is 2.60 bits per heavy atom. The topological polar surface area (TPSA) is 32.7 Å². The Labute approximate surface area is 121 Å². The average molecular weight is 275 g/mol. The summed E-state index contributed by atoms with van der Waals surface area (Å²) in [5, 5.41) is 9.61. The first-order chi connectivity index (χ1) is 9.66. The van der Waals surface area contributed by atoms with Crippen LogP contribution in [0.5, 0.6) is 0 Å². The van der Waals surface area contributed by atoms with Crippen molar-refractivity contribution < 1.29 is 9.84 Å². The van der Waals surface area contributed by atoms with Crippen molar-refractivity contribution in [2.45, 2.75) is 25.2 Å². The Kier molecular flexibility index (Phi) is 3.85. The predicted molar refractivity (Wildman–Crippen MR) is 79.8 cm³/mol. The van der Waals surface area contributed by atoms with Crippen LogP contribution in [0, 0.1) is 5.41 Å². The van der Waals surface area contributed by atoms with Gasteiger partial charge in [-0.2, -0.15) is 0 Å². The first kappa shape index (κ1) is 14.1. The number of hydrogen-bond donors (Lipinski definition) is 1. The van der Waals surface area contributed by atoms with Gasteiger partial charge in [0.05, 0.1) is 25.2 Å². The molecular weight excluding hydrogens is 250 g/mol. The number of piperidine rings is 1. The van der Waals surface area contributed by atoms with Crippen LogP contribution in [0.1, 0.15) is 25.3 Å². The van der Waals surface area contributed by atoms with Crippen molar-refractivity contribution in [1.82, 2.24) is 4.90 Å². The van der Waals surface area contributed by atoms with Crippen molar-refractivity contribution in [3.8, 4) is 0 Å². The molecule has 0 saturated carbocycles. The van der Waals surface area contributed by atoms with Gasteiger partial charge in [-0.3, -0.25) is 0 Å². The maximum absolute atomic E-state index is 9.61. The molecule has 2 saturated heterocycles. The van der Waals surface area contributed by atoms with Crippen molar-refractivity contribution in [1.29, 1.82) is 0 Å². The summed E-state index contributed by atoms with van der Waals surface area (Å²) in [6, 6.07) is 10.8. The molecule has 3 nitrogen and oxygen atoms in total. The summed E-state index contributed by atoms with van der Waals surface area (Å²) in [4.78, 5) is 2.52. The molecule has 0 spiro atoms. The molecule has 3 rings (SSSR count). The number of ether oxygens (including phenoxy) is 1.